The Morgan fingerprint density at radius 2 is 1.64 bits per heavy atom. The third kappa shape index (κ3) is 4.41. The van der Waals surface area contributed by atoms with E-state index in [1.165, 1.54) is 6.07 Å². The zero-order valence-corrected chi connectivity index (χ0v) is 13.2. The summed E-state index contributed by atoms with van der Waals surface area (Å²) in [6.07, 6.45) is 0. The van der Waals surface area contributed by atoms with Crippen molar-refractivity contribution >= 4 is 11.6 Å². The van der Waals surface area contributed by atoms with Gasteiger partial charge >= 0.3 is 0 Å². The first kappa shape index (κ1) is 16.6. The summed E-state index contributed by atoms with van der Waals surface area (Å²) in [7, 11) is 0. The summed E-state index contributed by atoms with van der Waals surface area (Å²) in [6.45, 7) is 0.424. The number of halogens is 2. The Morgan fingerprint density at radius 1 is 0.920 bits per heavy atom. The van der Waals surface area contributed by atoms with Crippen molar-refractivity contribution in [3.63, 3.8) is 0 Å². The van der Waals surface area contributed by atoms with Gasteiger partial charge in [-0.15, -0.1) is 0 Å². The van der Waals surface area contributed by atoms with E-state index in [0.717, 1.165) is 17.7 Å². The number of benzene rings is 3. The molecule has 0 aliphatic carbocycles. The van der Waals surface area contributed by atoms with Crippen LogP contribution >= 0.6 is 0 Å². The van der Waals surface area contributed by atoms with Gasteiger partial charge in [0.15, 0.2) is 0 Å². The Balaban J connectivity index is 1.62. The molecule has 126 valence electrons. The normalized spacial score (nSPS) is 10.3. The average molecular weight is 339 g/mol. The molecule has 1 N–H and O–H groups in total. The summed E-state index contributed by atoms with van der Waals surface area (Å²) < 4.78 is 32.1. The molecule has 0 aromatic heterocycles. The molecule has 0 aliphatic rings. The van der Waals surface area contributed by atoms with E-state index in [0.29, 0.717) is 17.9 Å². The van der Waals surface area contributed by atoms with Crippen molar-refractivity contribution in [1.82, 2.24) is 0 Å². The van der Waals surface area contributed by atoms with E-state index in [4.69, 9.17) is 4.74 Å². The van der Waals surface area contributed by atoms with Gasteiger partial charge in [-0.1, -0.05) is 30.3 Å². The van der Waals surface area contributed by atoms with Gasteiger partial charge in [-0.05, 0) is 42.0 Å². The number of hydrogen-bond donors (Lipinski definition) is 1. The second kappa shape index (κ2) is 7.57. The van der Waals surface area contributed by atoms with Gasteiger partial charge < -0.3 is 10.1 Å². The molecule has 0 radical (unpaired) electrons. The van der Waals surface area contributed by atoms with E-state index in [1.54, 1.807) is 24.3 Å². The Morgan fingerprint density at radius 3 is 2.32 bits per heavy atom. The van der Waals surface area contributed by atoms with Gasteiger partial charge in [-0.2, -0.15) is 0 Å². The lowest BCUT2D eigenvalue weighted by atomic mass is 10.2. The lowest BCUT2D eigenvalue weighted by molar-refractivity contribution is 0.102. The molecule has 5 heteroatoms. The summed E-state index contributed by atoms with van der Waals surface area (Å²) >= 11 is 0. The van der Waals surface area contributed by atoms with Crippen molar-refractivity contribution in [2.45, 2.75) is 6.61 Å². The van der Waals surface area contributed by atoms with Crippen molar-refractivity contribution in [2.75, 3.05) is 5.32 Å². The highest BCUT2D eigenvalue weighted by atomic mass is 19.1. The van der Waals surface area contributed by atoms with Gasteiger partial charge in [0, 0.05) is 11.6 Å². The van der Waals surface area contributed by atoms with Crippen LogP contribution in [0.1, 0.15) is 15.9 Å². The lowest BCUT2D eigenvalue weighted by Crippen LogP contribution is -2.13. The second-order valence-electron chi connectivity index (χ2n) is 5.38. The zero-order chi connectivity index (χ0) is 17.6. The molecule has 3 aromatic carbocycles. The molecule has 0 atom stereocenters. The van der Waals surface area contributed by atoms with Crippen LogP contribution in [0.15, 0.2) is 72.8 Å². The predicted molar refractivity (Wildman–Crippen MR) is 91.5 cm³/mol. The first-order valence-electron chi connectivity index (χ1n) is 7.65. The van der Waals surface area contributed by atoms with E-state index in [1.807, 2.05) is 30.3 Å². The number of rotatable bonds is 5. The maximum absolute atomic E-state index is 13.6. The molecular formula is C20H15F2NO2. The molecule has 3 nitrogen and oxygen atoms in total. The van der Waals surface area contributed by atoms with Gasteiger partial charge in [0.2, 0.25) is 0 Å². The zero-order valence-electron chi connectivity index (χ0n) is 13.2. The minimum atomic E-state index is -0.823. The molecule has 0 aliphatic heterocycles. The third-order valence-electron chi connectivity index (χ3n) is 3.54. The minimum Gasteiger partial charge on any atom is -0.489 e. The number of nitrogens with one attached hydrogen (secondary N) is 1. The van der Waals surface area contributed by atoms with Crippen molar-refractivity contribution in [1.29, 1.82) is 0 Å². The van der Waals surface area contributed by atoms with Gasteiger partial charge in [-0.25, -0.2) is 8.78 Å². The Hall–Kier alpha value is -3.21. The van der Waals surface area contributed by atoms with Gasteiger partial charge in [0.25, 0.3) is 5.91 Å². The molecule has 3 rings (SSSR count). The van der Waals surface area contributed by atoms with E-state index >= 15 is 0 Å². The molecule has 0 saturated carbocycles. The topological polar surface area (TPSA) is 38.3 Å². The Bertz CT molecular complexity index is 865. The van der Waals surface area contributed by atoms with E-state index < -0.39 is 17.5 Å². The van der Waals surface area contributed by atoms with Crippen molar-refractivity contribution in [3.05, 3.63) is 95.6 Å². The summed E-state index contributed by atoms with van der Waals surface area (Å²) in [5.41, 5.74) is 1.31. The molecule has 0 unspecified atom stereocenters. The van der Waals surface area contributed by atoms with E-state index in [9.17, 15) is 13.6 Å². The Labute approximate surface area is 143 Å². The van der Waals surface area contributed by atoms with Crippen molar-refractivity contribution < 1.29 is 18.3 Å². The van der Waals surface area contributed by atoms with Crippen LogP contribution in [-0.2, 0) is 6.61 Å². The second-order valence-corrected chi connectivity index (χ2v) is 5.38. The average Bonchev–Trinajstić information content (AvgIpc) is 2.63. The van der Waals surface area contributed by atoms with Crippen LogP contribution < -0.4 is 10.1 Å². The first-order valence-corrected chi connectivity index (χ1v) is 7.65. The fraction of sp³-hybridized carbons (Fsp3) is 0.0500. The van der Waals surface area contributed by atoms with Crippen LogP contribution in [0.4, 0.5) is 14.5 Å². The monoisotopic (exact) mass is 339 g/mol. The standard InChI is InChI=1S/C20H15F2NO2/c21-16-8-11-19(18(22)12-16)23-20(24)15-6-9-17(10-7-15)25-13-14-4-2-1-3-5-14/h1-12H,13H2,(H,23,24). The highest BCUT2D eigenvalue weighted by Gasteiger charge is 2.10. The third-order valence-corrected chi connectivity index (χ3v) is 3.54. The van der Waals surface area contributed by atoms with E-state index in [-0.39, 0.29) is 5.69 Å². The van der Waals surface area contributed by atoms with Crippen LogP contribution in [0.5, 0.6) is 5.75 Å². The summed E-state index contributed by atoms with van der Waals surface area (Å²) in [5, 5.41) is 2.41. The van der Waals surface area contributed by atoms with E-state index in [2.05, 4.69) is 5.32 Å². The maximum Gasteiger partial charge on any atom is 0.255 e. The first-order chi connectivity index (χ1) is 12.1. The predicted octanol–water partition coefficient (Wildman–Crippen LogP) is 4.80. The summed E-state index contributed by atoms with van der Waals surface area (Å²) in [5.74, 6) is -1.39. The fourth-order valence-electron chi connectivity index (χ4n) is 2.23. The number of amides is 1. The van der Waals surface area contributed by atoms with Crippen LogP contribution in [0.3, 0.4) is 0 Å². The highest BCUT2D eigenvalue weighted by molar-refractivity contribution is 6.04. The molecule has 0 spiro atoms. The maximum atomic E-state index is 13.6. The van der Waals surface area contributed by atoms with Gasteiger partial charge in [0.1, 0.15) is 24.0 Å². The van der Waals surface area contributed by atoms with Gasteiger partial charge in [-0.3, -0.25) is 4.79 Å². The van der Waals surface area contributed by atoms with Gasteiger partial charge in [0.05, 0.1) is 5.69 Å². The molecule has 0 saturated heterocycles. The largest absolute Gasteiger partial charge is 0.489 e. The summed E-state index contributed by atoms with van der Waals surface area (Å²) in [6, 6.07) is 19.2. The smallest absolute Gasteiger partial charge is 0.255 e. The van der Waals surface area contributed by atoms with Crippen molar-refractivity contribution in [2.24, 2.45) is 0 Å². The lowest BCUT2D eigenvalue weighted by Gasteiger charge is -2.09. The molecule has 25 heavy (non-hydrogen) atoms. The molecule has 0 fully saturated rings. The highest BCUT2D eigenvalue weighted by Crippen LogP contribution is 2.18. The number of carbonyl (C=O) groups excluding carboxylic acids is 1. The van der Waals surface area contributed by atoms with Crippen LogP contribution in [-0.4, -0.2) is 5.91 Å². The molecule has 1 amide bonds. The summed E-state index contributed by atoms with van der Waals surface area (Å²) in [4.78, 5) is 12.1. The number of hydrogen-bond acceptors (Lipinski definition) is 2. The van der Waals surface area contributed by atoms with Crippen molar-refractivity contribution in [3.8, 4) is 5.75 Å². The quantitative estimate of drug-likeness (QED) is 0.725. The number of ether oxygens (including phenoxy) is 1. The molecule has 3 aromatic rings. The molecular weight excluding hydrogens is 324 g/mol. The fourth-order valence-corrected chi connectivity index (χ4v) is 2.23. The number of carbonyl (C=O) groups is 1. The number of anilines is 1. The molecule has 0 heterocycles. The van der Waals surface area contributed by atoms with Crippen LogP contribution in [0.25, 0.3) is 0 Å². The Kier molecular flexibility index (Phi) is 5.04. The SMILES string of the molecule is O=C(Nc1ccc(F)cc1F)c1ccc(OCc2ccccc2)cc1. The van der Waals surface area contributed by atoms with Crippen LogP contribution in [0, 0.1) is 11.6 Å². The molecule has 0 bridgehead atoms. The minimum absolute atomic E-state index is 0.0733. The van der Waals surface area contributed by atoms with Crippen LogP contribution in [0.2, 0.25) is 0 Å².